The molecule has 0 amide bonds. The molecule has 6 heteroatoms. The van der Waals surface area contributed by atoms with Crippen LogP contribution in [0.5, 0.6) is 5.75 Å². The molecular formula is C14H16F2N2OS. The minimum absolute atomic E-state index is 0.149. The second-order valence-electron chi connectivity index (χ2n) is 4.21. The molecule has 0 fully saturated rings. The molecule has 0 radical (unpaired) electrons. The largest absolute Gasteiger partial charge is 0.435 e. The SMILES string of the molecule is CCCNCc1nc(-c2cccc(OC(F)F)c2)cs1. The van der Waals surface area contributed by atoms with Gasteiger partial charge < -0.3 is 10.1 Å². The zero-order chi connectivity index (χ0) is 14.4. The monoisotopic (exact) mass is 298 g/mol. The van der Waals surface area contributed by atoms with Crippen molar-refractivity contribution in [2.75, 3.05) is 6.54 Å². The molecule has 1 heterocycles. The molecule has 1 aromatic heterocycles. The Labute approximate surface area is 120 Å². The van der Waals surface area contributed by atoms with Crippen LogP contribution >= 0.6 is 11.3 Å². The Morgan fingerprint density at radius 1 is 1.40 bits per heavy atom. The van der Waals surface area contributed by atoms with Gasteiger partial charge in [-0.15, -0.1) is 11.3 Å². The first-order valence-electron chi connectivity index (χ1n) is 6.39. The average Bonchev–Trinajstić information content (AvgIpc) is 2.87. The van der Waals surface area contributed by atoms with Crippen LogP contribution in [0.3, 0.4) is 0 Å². The van der Waals surface area contributed by atoms with Crippen LogP contribution in [-0.4, -0.2) is 18.1 Å². The lowest BCUT2D eigenvalue weighted by Gasteiger charge is -2.05. The van der Waals surface area contributed by atoms with E-state index in [1.165, 1.54) is 6.07 Å². The molecule has 0 saturated heterocycles. The van der Waals surface area contributed by atoms with Crippen molar-refractivity contribution in [1.29, 1.82) is 0 Å². The van der Waals surface area contributed by atoms with Crippen LogP contribution in [0.2, 0.25) is 0 Å². The van der Waals surface area contributed by atoms with Gasteiger partial charge in [-0.05, 0) is 25.1 Å². The predicted molar refractivity (Wildman–Crippen MR) is 76.2 cm³/mol. The summed E-state index contributed by atoms with van der Waals surface area (Å²) in [6.45, 7) is 0.974. The Balaban J connectivity index is 2.07. The van der Waals surface area contributed by atoms with E-state index in [0.717, 1.165) is 35.8 Å². The highest BCUT2D eigenvalue weighted by molar-refractivity contribution is 7.09. The number of rotatable bonds is 7. The summed E-state index contributed by atoms with van der Waals surface area (Å²) >= 11 is 1.55. The van der Waals surface area contributed by atoms with Crippen LogP contribution in [0.25, 0.3) is 11.3 Å². The number of ether oxygens (including phenoxy) is 1. The van der Waals surface area contributed by atoms with Crippen LogP contribution in [0.1, 0.15) is 18.4 Å². The fourth-order valence-electron chi connectivity index (χ4n) is 1.73. The number of aromatic nitrogens is 1. The molecule has 108 valence electrons. The van der Waals surface area contributed by atoms with Gasteiger partial charge in [-0.3, -0.25) is 0 Å². The molecule has 1 aromatic carbocycles. The van der Waals surface area contributed by atoms with Crippen molar-refractivity contribution in [3.8, 4) is 17.0 Å². The van der Waals surface area contributed by atoms with E-state index in [-0.39, 0.29) is 5.75 Å². The number of halogens is 2. The minimum Gasteiger partial charge on any atom is -0.435 e. The summed E-state index contributed by atoms with van der Waals surface area (Å²) in [5.74, 6) is 0.149. The molecule has 20 heavy (non-hydrogen) atoms. The van der Waals surface area contributed by atoms with E-state index in [1.54, 1.807) is 23.5 Å². The molecular weight excluding hydrogens is 282 g/mol. The fourth-order valence-corrected chi connectivity index (χ4v) is 2.50. The maximum atomic E-state index is 12.2. The molecule has 0 bridgehead atoms. The van der Waals surface area contributed by atoms with Gasteiger partial charge in [-0.25, -0.2) is 4.98 Å². The molecule has 0 aliphatic heterocycles. The zero-order valence-corrected chi connectivity index (χ0v) is 11.9. The van der Waals surface area contributed by atoms with Crippen molar-refractivity contribution in [2.24, 2.45) is 0 Å². The van der Waals surface area contributed by atoms with Crippen molar-refractivity contribution in [2.45, 2.75) is 26.5 Å². The van der Waals surface area contributed by atoms with Gasteiger partial charge in [0, 0.05) is 17.5 Å². The van der Waals surface area contributed by atoms with Crippen LogP contribution < -0.4 is 10.1 Å². The first-order chi connectivity index (χ1) is 9.69. The summed E-state index contributed by atoms with van der Waals surface area (Å²) in [4.78, 5) is 4.49. The Hall–Kier alpha value is -1.53. The maximum absolute atomic E-state index is 12.2. The highest BCUT2D eigenvalue weighted by Crippen LogP contribution is 2.26. The van der Waals surface area contributed by atoms with Gasteiger partial charge in [0.2, 0.25) is 0 Å². The van der Waals surface area contributed by atoms with Crippen molar-refractivity contribution in [3.05, 3.63) is 34.7 Å². The molecule has 0 aliphatic carbocycles. The normalized spacial score (nSPS) is 11.0. The maximum Gasteiger partial charge on any atom is 0.387 e. The Morgan fingerprint density at radius 2 is 2.25 bits per heavy atom. The molecule has 2 aromatic rings. The molecule has 0 unspecified atom stereocenters. The smallest absolute Gasteiger partial charge is 0.387 e. The van der Waals surface area contributed by atoms with Gasteiger partial charge in [-0.2, -0.15) is 8.78 Å². The minimum atomic E-state index is -2.81. The van der Waals surface area contributed by atoms with Gasteiger partial charge >= 0.3 is 6.61 Å². The molecule has 1 N–H and O–H groups in total. The number of alkyl halides is 2. The quantitative estimate of drug-likeness (QED) is 0.787. The first-order valence-corrected chi connectivity index (χ1v) is 7.27. The van der Waals surface area contributed by atoms with Crippen LogP contribution in [0.4, 0.5) is 8.78 Å². The number of hydrogen-bond acceptors (Lipinski definition) is 4. The third kappa shape index (κ3) is 4.25. The van der Waals surface area contributed by atoms with Crippen LogP contribution in [-0.2, 0) is 6.54 Å². The number of benzene rings is 1. The highest BCUT2D eigenvalue weighted by atomic mass is 32.1. The van der Waals surface area contributed by atoms with E-state index >= 15 is 0 Å². The van der Waals surface area contributed by atoms with Gasteiger partial charge in [0.05, 0.1) is 5.69 Å². The molecule has 0 saturated carbocycles. The molecule has 0 aliphatic rings. The van der Waals surface area contributed by atoms with E-state index in [4.69, 9.17) is 0 Å². The van der Waals surface area contributed by atoms with Crippen molar-refractivity contribution >= 4 is 11.3 Å². The third-order valence-electron chi connectivity index (χ3n) is 2.61. The van der Waals surface area contributed by atoms with Crippen molar-refractivity contribution in [3.63, 3.8) is 0 Å². The van der Waals surface area contributed by atoms with E-state index < -0.39 is 6.61 Å². The fraction of sp³-hybridized carbons (Fsp3) is 0.357. The predicted octanol–water partition coefficient (Wildman–Crippen LogP) is 3.91. The summed E-state index contributed by atoms with van der Waals surface area (Å²) < 4.78 is 28.8. The van der Waals surface area contributed by atoms with E-state index in [2.05, 4.69) is 22.0 Å². The van der Waals surface area contributed by atoms with E-state index in [0.29, 0.717) is 0 Å². The molecule has 2 rings (SSSR count). The number of hydrogen-bond donors (Lipinski definition) is 1. The zero-order valence-electron chi connectivity index (χ0n) is 11.1. The second-order valence-corrected chi connectivity index (χ2v) is 5.15. The van der Waals surface area contributed by atoms with Crippen molar-refractivity contribution < 1.29 is 13.5 Å². The standard InChI is InChI=1S/C14H16F2N2OS/c1-2-6-17-8-13-18-12(9-20-13)10-4-3-5-11(7-10)19-14(15)16/h3-5,7,9,14,17H,2,6,8H2,1H3. The molecule has 0 atom stereocenters. The van der Waals surface area contributed by atoms with Gasteiger partial charge in [0.1, 0.15) is 10.8 Å². The van der Waals surface area contributed by atoms with Gasteiger partial charge in [-0.1, -0.05) is 19.1 Å². The van der Waals surface area contributed by atoms with E-state index in [1.807, 2.05) is 11.4 Å². The molecule has 0 spiro atoms. The Morgan fingerprint density at radius 3 is 3.00 bits per heavy atom. The lowest BCUT2D eigenvalue weighted by molar-refractivity contribution is -0.0498. The highest BCUT2D eigenvalue weighted by Gasteiger charge is 2.08. The van der Waals surface area contributed by atoms with Crippen molar-refractivity contribution in [1.82, 2.24) is 10.3 Å². The lowest BCUT2D eigenvalue weighted by atomic mass is 10.2. The summed E-state index contributed by atoms with van der Waals surface area (Å²) in [6.07, 6.45) is 1.07. The Bertz CT molecular complexity index is 545. The number of thiazole rings is 1. The van der Waals surface area contributed by atoms with E-state index in [9.17, 15) is 8.78 Å². The summed E-state index contributed by atoms with van der Waals surface area (Å²) in [6, 6.07) is 6.59. The lowest BCUT2D eigenvalue weighted by Crippen LogP contribution is -2.13. The van der Waals surface area contributed by atoms with Gasteiger partial charge in [0.15, 0.2) is 0 Å². The second kappa shape index (κ2) is 7.31. The Kier molecular flexibility index (Phi) is 5.43. The number of nitrogens with zero attached hydrogens (tertiary/aromatic N) is 1. The summed E-state index contributed by atoms with van der Waals surface area (Å²) in [5.41, 5.74) is 1.56. The summed E-state index contributed by atoms with van der Waals surface area (Å²) in [7, 11) is 0. The topological polar surface area (TPSA) is 34.2 Å². The van der Waals surface area contributed by atoms with Gasteiger partial charge in [0.25, 0.3) is 0 Å². The van der Waals surface area contributed by atoms with Crippen LogP contribution in [0.15, 0.2) is 29.6 Å². The van der Waals surface area contributed by atoms with Crippen LogP contribution in [0, 0.1) is 0 Å². The first kappa shape index (κ1) is 14.9. The third-order valence-corrected chi connectivity index (χ3v) is 3.46. The average molecular weight is 298 g/mol. The summed E-state index contributed by atoms with van der Waals surface area (Å²) in [5, 5.41) is 6.18. The number of nitrogens with one attached hydrogen (secondary N) is 1. The molecule has 3 nitrogen and oxygen atoms in total.